The van der Waals surface area contributed by atoms with Gasteiger partial charge in [-0.15, -0.1) is 0 Å². The molecule has 3 saturated carbocycles. The minimum atomic E-state index is -4.64. The van der Waals surface area contributed by atoms with Gasteiger partial charge in [-0.2, -0.15) is 13.2 Å². The van der Waals surface area contributed by atoms with Crippen molar-refractivity contribution in [1.29, 1.82) is 0 Å². The second-order valence-corrected chi connectivity index (χ2v) is 12.2. The summed E-state index contributed by atoms with van der Waals surface area (Å²) in [6, 6.07) is 3.59. The molecule has 2 bridgehead atoms. The molecule has 0 saturated heterocycles. The summed E-state index contributed by atoms with van der Waals surface area (Å²) in [6.45, 7) is 5.58. The molecular weight excluding hydrogens is 465 g/mol. The molecular formula is C25H33F3N2O3S. The summed E-state index contributed by atoms with van der Waals surface area (Å²) in [5, 5.41) is 3.17. The fourth-order valence-corrected chi connectivity index (χ4v) is 7.93. The highest BCUT2D eigenvalue weighted by Crippen LogP contribution is 2.49. The summed E-state index contributed by atoms with van der Waals surface area (Å²) in [5.41, 5.74) is -2.23. The van der Waals surface area contributed by atoms with Crippen molar-refractivity contribution in [2.45, 2.75) is 88.4 Å². The highest BCUT2D eigenvalue weighted by atomic mass is 32.2. The van der Waals surface area contributed by atoms with E-state index in [1.807, 2.05) is 6.92 Å². The lowest BCUT2D eigenvalue weighted by Gasteiger charge is -2.50. The molecule has 3 aliphatic rings. The van der Waals surface area contributed by atoms with Gasteiger partial charge in [-0.3, -0.25) is 4.79 Å². The molecule has 3 fully saturated rings. The van der Waals surface area contributed by atoms with Crippen LogP contribution >= 0.6 is 0 Å². The number of nitrogens with one attached hydrogen (secondary N) is 2. The van der Waals surface area contributed by atoms with Crippen molar-refractivity contribution >= 4 is 23.2 Å². The fourth-order valence-electron chi connectivity index (χ4n) is 6.43. The molecule has 1 amide bonds. The van der Waals surface area contributed by atoms with E-state index >= 15 is 0 Å². The number of hydrogen-bond acceptors (Lipinski definition) is 3. The van der Waals surface area contributed by atoms with Crippen LogP contribution in [0, 0.1) is 30.1 Å². The zero-order chi connectivity index (χ0) is 24.9. The Morgan fingerprint density at radius 3 is 2.50 bits per heavy atom. The van der Waals surface area contributed by atoms with Crippen LogP contribution in [-0.2, 0) is 26.8 Å². The molecule has 6 unspecified atom stereocenters. The molecule has 0 spiro atoms. The average Bonchev–Trinajstić information content (AvgIpc) is 2.72. The minimum absolute atomic E-state index is 0.111. The van der Waals surface area contributed by atoms with Gasteiger partial charge >= 0.3 is 6.18 Å². The largest absolute Gasteiger partial charge is 0.417 e. The molecule has 0 aliphatic heterocycles. The van der Waals surface area contributed by atoms with Crippen molar-refractivity contribution < 1.29 is 27.0 Å². The van der Waals surface area contributed by atoms with Gasteiger partial charge in [0.25, 0.3) is 0 Å². The molecule has 9 heteroatoms. The molecule has 1 aromatic rings. The number of halogens is 3. The van der Waals surface area contributed by atoms with E-state index in [0.717, 1.165) is 38.0 Å². The van der Waals surface area contributed by atoms with Crippen molar-refractivity contribution in [3.05, 3.63) is 29.3 Å². The predicted molar refractivity (Wildman–Crippen MR) is 123 cm³/mol. The minimum Gasteiger partial charge on any atom is -0.351 e. The Morgan fingerprint density at radius 1 is 1.21 bits per heavy atom. The summed E-state index contributed by atoms with van der Waals surface area (Å²) >= 11 is 0. The summed E-state index contributed by atoms with van der Waals surface area (Å²) in [6.07, 6.45) is 1.43. The van der Waals surface area contributed by atoms with Gasteiger partial charge in [-0.05, 0) is 81.3 Å². The third kappa shape index (κ3) is 4.70. The SMILES string of the molecule is Cc1cccc(C(F)(F)F)c1S(=O)NC1(C(=O)NC2C(C)CC3CC2CC(C)(C=O)C3)CCC1. The summed E-state index contributed by atoms with van der Waals surface area (Å²) in [7, 11) is -2.20. The van der Waals surface area contributed by atoms with Crippen molar-refractivity contribution in [1.82, 2.24) is 10.0 Å². The van der Waals surface area contributed by atoms with Gasteiger partial charge < -0.3 is 10.1 Å². The number of aryl methyl sites for hydroxylation is 1. The Balaban J connectivity index is 1.53. The molecule has 34 heavy (non-hydrogen) atoms. The van der Waals surface area contributed by atoms with Gasteiger partial charge in [0, 0.05) is 11.5 Å². The Morgan fingerprint density at radius 2 is 1.91 bits per heavy atom. The number of carbonyl (C=O) groups is 2. The molecule has 188 valence electrons. The van der Waals surface area contributed by atoms with Gasteiger partial charge in [0.1, 0.15) is 22.8 Å². The number of rotatable bonds is 6. The van der Waals surface area contributed by atoms with E-state index in [1.54, 1.807) is 0 Å². The zero-order valence-corrected chi connectivity index (χ0v) is 20.7. The van der Waals surface area contributed by atoms with Crippen molar-refractivity contribution in [3.8, 4) is 0 Å². The van der Waals surface area contributed by atoms with Gasteiger partial charge in [-0.1, -0.05) is 26.0 Å². The molecule has 1 aromatic carbocycles. The standard InChI is InChI=1S/C25H33F3N2O3S/c1-15-6-4-7-19(25(26,27)28)21(15)34(33)30-24(8-5-9-24)22(32)29-20-16(2)10-17-11-18(20)13-23(3,12-17)14-31/h4,6-7,14,16-18,20,30H,5,8-13H2,1-3H3,(H,29,32). The molecule has 3 aliphatic carbocycles. The summed E-state index contributed by atoms with van der Waals surface area (Å²) < 4.78 is 56.7. The van der Waals surface area contributed by atoms with Crippen LogP contribution in [0.1, 0.15) is 69.9 Å². The third-order valence-electron chi connectivity index (χ3n) is 8.16. The number of fused-ring (bicyclic) bond motifs is 2. The number of alkyl halides is 3. The highest BCUT2D eigenvalue weighted by molar-refractivity contribution is 7.83. The van der Waals surface area contributed by atoms with Gasteiger partial charge in [-0.25, -0.2) is 8.93 Å². The lowest BCUT2D eigenvalue weighted by Crippen LogP contribution is -2.65. The highest BCUT2D eigenvalue weighted by Gasteiger charge is 2.50. The Hall–Kier alpha value is -1.74. The van der Waals surface area contributed by atoms with E-state index in [-0.39, 0.29) is 39.7 Å². The van der Waals surface area contributed by atoms with Crippen LogP contribution in [0.2, 0.25) is 0 Å². The Bertz CT molecular complexity index is 992. The second-order valence-electron chi connectivity index (χ2n) is 11.0. The normalized spacial score (nSPS) is 33.5. The molecule has 2 N–H and O–H groups in total. The van der Waals surface area contributed by atoms with Crippen molar-refractivity contribution in [2.75, 3.05) is 0 Å². The van der Waals surface area contributed by atoms with E-state index in [1.165, 1.54) is 19.1 Å². The first kappa shape index (κ1) is 25.4. The zero-order valence-electron chi connectivity index (χ0n) is 19.8. The quantitative estimate of drug-likeness (QED) is 0.559. The van der Waals surface area contributed by atoms with Crippen molar-refractivity contribution in [3.63, 3.8) is 0 Å². The number of aldehydes is 1. The first-order valence-corrected chi connectivity index (χ1v) is 13.2. The molecule has 5 nitrogen and oxygen atoms in total. The second kappa shape index (κ2) is 9.04. The maximum Gasteiger partial charge on any atom is 0.417 e. The van der Waals surface area contributed by atoms with Gasteiger partial charge in [0.15, 0.2) is 0 Å². The van der Waals surface area contributed by atoms with E-state index in [2.05, 4.69) is 17.0 Å². The number of amides is 1. The fraction of sp³-hybridized carbons (Fsp3) is 0.680. The maximum atomic E-state index is 13.6. The maximum absolute atomic E-state index is 13.6. The van der Waals surface area contributed by atoms with E-state index in [0.29, 0.717) is 25.2 Å². The van der Waals surface area contributed by atoms with Crippen LogP contribution in [0.5, 0.6) is 0 Å². The Kier molecular flexibility index (Phi) is 6.74. The average molecular weight is 499 g/mol. The molecule has 4 rings (SSSR count). The van der Waals surface area contributed by atoms with Crippen LogP contribution in [0.25, 0.3) is 0 Å². The Labute approximate surface area is 201 Å². The van der Waals surface area contributed by atoms with Crippen LogP contribution in [-0.4, -0.2) is 28.0 Å². The van der Waals surface area contributed by atoms with E-state index < -0.39 is 28.3 Å². The predicted octanol–water partition coefficient (Wildman–Crippen LogP) is 4.69. The van der Waals surface area contributed by atoms with Crippen molar-refractivity contribution in [2.24, 2.45) is 23.2 Å². The van der Waals surface area contributed by atoms with Crippen LogP contribution in [0.3, 0.4) is 0 Å². The topological polar surface area (TPSA) is 75.3 Å². The van der Waals surface area contributed by atoms with Crippen LogP contribution in [0.15, 0.2) is 23.1 Å². The van der Waals surface area contributed by atoms with Gasteiger partial charge in [0.2, 0.25) is 5.91 Å². The van der Waals surface area contributed by atoms with Gasteiger partial charge in [0.05, 0.1) is 10.5 Å². The number of carbonyl (C=O) groups excluding carboxylic acids is 2. The number of hydrogen-bond donors (Lipinski definition) is 2. The molecule has 0 aromatic heterocycles. The first-order chi connectivity index (χ1) is 15.9. The monoisotopic (exact) mass is 498 g/mol. The third-order valence-corrected chi connectivity index (χ3v) is 9.65. The smallest absolute Gasteiger partial charge is 0.351 e. The lowest BCUT2D eigenvalue weighted by molar-refractivity contribution is -0.139. The van der Waals surface area contributed by atoms with Crippen LogP contribution in [0.4, 0.5) is 13.2 Å². The molecule has 6 atom stereocenters. The number of benzene rings is 1. The van der Waals surface area contributed by atoms with E-state index in [9.17, 15) is 27.0 Å². The summed E-state index contributed by atoms with van der Waals surface area (Å²) in [4.78, 5) is 24.9. The van der Waals surface area contributed by atoms with E-state index in [4.69, 9.17) is 0 Å². The lowest BCUT2D eigenvalue weighted by atomic mass is 9.58. The first-order valence-electron chi connectivity index (χ1n) is 12.0. The molecule has 0 radical (unpaired) electrons. The molecule has 0 heterocycles. The summed E-state index contributed by atoms with van der Waals surface area (Å²) in [5.74, 6) is 0.572. The van der Waals surface area contributed by atoms with Crippen LogP contribution < -0.4 is 10.0 Å².